The first-order valence-corrected chi connectivity index (χ1v) is 8.99. The van der Waals surface area contributed by atoms with Gasteiger partial charge in [0.05, 0.1) is 0 Å². The van der Waals surface area contributed by atoms with Crippen molar-refractivity contribution < 1.29 is 0 Å². The molecule has 3 aromatic carbocycles. The van der Waals surface area contributed by atoms with Gasteiger partial charge < -0.3 is 10.6 Å². The Balaban J connectivity index is 1.38. The van der Waals surface area contributed by atoms with Crippen LogP contribution in [0, 0.1) is 0 Å². The van der Waals surface area contributed by atoms with Gasteiger partial charge in [0, 0.05) is 28.7 Å². The largest absolute Gasteiger partial charge is 0.356 e. The fourth-order valence-electron chi connectivity index (χ4n) is 3.15. The topological polar surface area (TPSA) is 24.1 Å². The van der Waals surface area contributed by atoms with Gasteiger partial charge in [-0.1, -0.05) is 60.7 Å². The van der Waals surface area contributed by atoms with Gasteiger partial charge in [0.2, 0.25) is 0 Å². The maximum Gasteiger partial charge on any atom is 0.0384 e. The van der Waals surface area contributed by atoms with Gasteiger partial charge in [0.1, 0.15) is 0 Å². The summed E-state index contributed by atoms with van der Waals surface area (Å²) in [4.78, 5) is 0. The van der Waals surface area contributed by atoms with Crippen molar-refractivity contribution in [3.8, 4) is 0 Å². The van der Waals surface area contributed by atoms with Crippen molar-refractivity contribution in [2.24, 2.45) is 0 Å². The average molecular weight is 338 g/mol. The van der Waals surface area contributed by atoms with Crippen LogP contribution in [-0.2, 0) is 0 Å². The van der Waals surface area contributed by atoms with E-state index in [-0.39, 0.29) is 0 Å². The van der Waals surface area contributed by atoms with Crippen molar-refractivity contribution in [2.75, 3.05) is 10.6 Å². The molecule has 0 heterocycles. The molecule has 1 unspecified atom stereocenters. The first kappa shape index (κ1) is 16.2. The second-order valence-corrected chi connectivity index (χ2v) is 6.46. The molecule has 1 aliphatic rings. The van der Waals surface area contributed by atoms with Gasteiger partial charge in [-0.05, 0) is 54.5 Å². The SMILES string of the molecule is C1=CC(c2ccc(Nc3ccccc3)cc2)CC=C1Nc1ccccc1. The number of nitrogens with one attached hydrogen (secondary N) is 2. The van der Waals surface area contributed by atoms with E-state index in [0.717, 1.165) is 29.2 Å². The Kier molecular flexibility index (Phi) is 4.83. The molecule has 0 spiro atoms. The van der Waals surface area contributed by atoms with E-state index in [4.69, 9.17) is 0 Å². The van der Waals surface area contributed by atoms with Crippen LogP contribution in [0.15, 0.2) is 109 Å². The minimum absolute atomic E-state index is 0.432. The number of hydrogen-bond acceptors (Lipinski definition) is 2. The smallest absolute Gasteiger partial charge is 0.0384 e. The summed E-state index contributed by atoms with van der Waals surface area (Å²) in [6.45, 7) is 0. The number of hydrogen-bond donors (Lipinski definition) is 2. The summed E-state index contributed by atoms with van der Waals surface area (Å²) in [5, 5.41) is 6.88. The van der Waals surface area contributed by atoms with Crippen LogP contribution in [0.5, 0.6) is 0 Å². The van der Waals surface area contributed by atoms with Crippen LogP contribution >= 0.6 is 0 Å². The Morgan fingerprint density at radius 1 is 0.615 bits per heavy atom. The van der Waals surface area contributed by atoms with E-state index >= 15 is 0 Å². The molecule has 4 rings (SSSR count). The van der Waals surface area contributed by atoms with Crippen LogP contribution < -0.4 is 10.6 Å². The molecule has 1 atom stereocenters. The molecular formula is C24H22N2. The fourth-order valence-corrected chi connectivity index (χ4v) is 3.15. The maximum absolute atomic E-state index is 3.45. The number of allylic oxidation sites excluding steroid dienone is 3. The summed E-state index contributed by atoms with van der Waals surface area (Å²) >= 11 is 0. The molecule has 26 heavy (non-hydrogen) atoms. The third-order valence-corrected chi connectivity index (χ3v) is 4.56. The van der Waals surface area contributed by atoms with Crippen LogP contribution in [0.2, 0.25) is 0 Å². The van der Waals surface area contributed by atoms with Crippen molar-refractivity contribution in [3.63, 3.8) is 0 Å². The fraction of sp³-hybridized carbons (Fsp3) is 0.0833. The summed E-state index contributed by atoms with van der Waals surface area (Å²) in [5.74, 6) is 0.432. The molecule has 128 valence electrons. The zero-order chi connectivity index (χ0) is 17.6. The third kappa shape index (κ3) is 4.04. The van der Waals surface area contributed by atoms with E-state index in [1.807, 2.05) is 36.4 Å². The monoisotopic (exact) mass is 338 g/mol. The number of para-hydroxylation sites is 2. The highest BCUT2D eigenvalue weighted by Crippen LogP contribution is 2.28. The first-order chi connectivity index (χ1) is 12.9. The Morgan fingerprint density at radius 2 is 1.19 bits per heavy atom. The summed E-state index contributed by atoms with van der Waals surface area (Å²) in [6.07, 6.45) is 7.74. The van der Waals surface area contributed by atoms with Crippen molar-refractivity contribution >= 4 is 17.1 Å². The second kappa shape index (κ2) is 7.75. The lowest BCUT2D eigenvalue weighted by molar-refractivity contribution is 0.846. The third-order valence-electron chi connectivity index (χ3n) is 4.56. The van der Waals surface area contributed by atoms with Crippen LogP contribution in [0.25, 0.3) is 0 Å². The minimum Gasteiger partial charge on any atom is -0.356 e. The Labute approximate surface area is 154 Å². The second-order valence-electron chi connectivity index (χ2n) is 6.46. The van der Waals surface area contributed by atoms with Gasteiger partial charge in [0.25, 0.3) is 0 Å². The predicted molar refractivity (Wildman–Crippen MR) is 111 cm³/mol. The predicted octanol–water partition coefficient (Wildman–Crippen LogP) is 6.47. The van der Waals surface area contributed by atoms with Gasteiger partial charge in [-0.25, -0.2) is 0 Å². The Hall–Kier alpha value is -3.26. The van der Waals surface area contributed by atoms with Gasteiger partial charge in [-0.3, -0.25) is 0 Å². The molecule has 0 saturated carbocycles. The zero-order valence-electron chi connectivity index (χ0n) is 14.6. The van der Waals surface area contributed by atoms with Crippen LogP contribution in [0.1, 0.15) is 17.9 Å². The highest BCUT2D eigenvalue weighted by atomic mass is 14.9. The van der Waals surface area contributed by atoms with Gasteiger partial charge >= 0.3 is 0 Å². The van der Waals surface area contributed by atoms with E-state index < -0.39 is 0 Å². The minimum atomic E-state index is 0.432. The molecule has 2 nitrogen and oxygen atoms in total. The van der Waals surface area contributed by atoms with Gasteiger partial charge in [0.15, 0.2) is 0 Å². The molecule has 0 bridgehead atoms. The quantitative estimate of drug-likeness (QED) is 0.557. The number of anilines is 3. The molecule has 0 radical (unpaired) electrons. The lowest BCUT2D eigenvalue weighted by atomic mass is 9.91. The molecule has 3 aromatic rings. The van der Waals surface area contributed by atoms with Gasteiger partial charge in [-0.2, -0.15) is 0 Å². The van der Waals surface area contributed by atoms with Crippen molar-refractivity contribution in [1.82, 2.24) is 0 Å². The zero-order valence-corrected chi connectivity index (χ0v) is 14.6. The van der Waals surface area contributed by atoms with Crippen molar-refractivity contribution in [2.45, 2.75) is 12.3 Å². The normalized spacial score (nSPS) is 16.0. The molecule has 0 amide bonds. The van der Waals surface area contributed by atoms with Crippen molar-refractivity contribution in [3.05, 3.63) is 114 Å². The van der Waals surface area contributed by atoms with E-state index in [9.17, 15) is 0 Å². The number of benzene rings is 3. The maximum atomic E-state index is 3.45. The summed E-state index contributed by atoms with van der Waals surface area (Å²) in [7, 11) is 0. The van der Waals surface area contributed by atoms with Crippen molar-refractivity contribution in [1.29, 1.82) is 0 Å². The first-order valence-electron chi connectivity index (χ1n) is 8.99. The van der Waals surface area contributed by atoms with E-state index in [1.165, 1.54) is 5.56 Å². The Morgan fingerprint density at radius 3 is 1.77 bits per heavy atom. The van der Waals surface area contributed by atoms with Crippen LogP contribution in [-0.4, -0.2) is 0 Å². The van der Waals surface area contributed by atoms with Crippen LogP contribution in [0.3, 0.4) is 0 Å². The summed E-state index contributed by atoms with van der Waals surface area (Å²) in [6, 6.07) is 29.3. The van der Waals surface area contributed by atoms with Crippen LogP contribution in [0.4, 0.5) is 17.1 Å². The molecule has 0 aliphatic heterocycles. The highest BCUT2D eigenvalue weighted by Gasteiger charge is 2.11. The molecule has 0 aromatic heterocycles. The molecule has 0 fully saturated rings. The standard InChI is InChI=1S/C24H22N2/c1-3-7-21(8-4-1)25-23-15-11-19(12-16-23)20-13-17-24(18-14-20)26-22-9-5-2-6-10-22/h1-13,15-18,20,25-26H,14H2. The Bertz CT molecular complexity index is 894. The van der Waals surface area contributed by atoms with E-state index in [0.29, 0.717) is 5.92 Å². The molecule has 1 aliphatic carbocycles. The lowest BCUT2D eigenvalue weighted by Crippen LogP contribution is -2.04. The number of rotatable bonds is 5. The molecule has 2 N–H and O–H groups in total. The lowest BCUT2D eigenvalue weighted by Gasteiger charge is -2.18. The highest BCUT2D eigenvalue weighted by molar-refractivity contribution is 5.60. The van der Waals surface area contributed by atoms with E-state index in [2.05, 4.69) is 77.4 Å². The molecule has 2 heteroatoms. The molecule has 0 saturated heterocycles. The summed E-state index contributed by atoms with van der Waals surface area (Å²) < 4.78 is 0. The van der Waals surface area contributed by atoms with Gasteiger partial charge in [-0.15, -0.1) is 0 Å². The molecular weight excluding hydrogens is 316 g/mol. The average Bonchev–Trinajstić information content (AvgIpc) is 2.71. The summed E-state index contributed by atoms with van der Waals surface area (Å²) in [5.41, 5.74) is 5.85. The van der Waals surface area contributed by atoms with E-state index in [1.54, 1.807) is 0 Å².